The Morgan fingerprint density at radius 2 is 1.83 bits per heavy atom. The Kier molecular flexibility index (Phi) is 3.13. The smallest absolute Gasteiger partial charge is 0.0169 e. The molecule has 0 saturated heterocycles. The molecule has 0 heteroatoms. The highest BCUT2D eigenvalue weighted by Gasteiger charge is 2.21. The lowest BCUT2D eigenvalue weighted by atomic mass is 9.77. The molecule has 1 aliphatic carbocycles. The zero-order valence-electron chi connectivity index (χ0n) is 8.51. The largest absolute Gasteiger partial charge is 0.0882 e. The predicted octanol–water partition coefficient (Wildman–Crippen LogP) is 3.95. The second-order valence-corrected chi connectivity index (χ2v) is 4.69. The summed E-state index contributed by atoms with van der Waals surface area (Å²) in [6.45, 7) is 6.98. The minimum Gasteiger partial charge on any atom is -0.0882 e. The van der Waals surface area contributed by atoms with E-state index < -0.39 is 0 Å². The van der Waals surface area contributed by atoms with Crippen molar-refractivity contribution in [1.29, 1.82) is 0 Å². The lowest BCUT2D eigenvalue weighted by Crippen LogP contribution is -2.18. The summed E-state index contributed by atoms with van der Waals surface area (Å²) in [6.07, 6.45) is 12.9. The SMILES string of the molecule is CC(C)(C)C1C=CCC=CCC1. The monoisotopic (exact) mass is 164 g/mol. The third-order valence-corrected chi connectivity index (χ3v) is 2.56. The summed E-state index contributed by atoms with van der Waals surface area (Å²) in [5.74, 6) is 0.752. The molecule has 0 nitrogen and oxygen atoms in total. The van der Waals surface area contributed by atoms with Crippen molar-refractivity contribution in [1.82, 2.24) is 0 Å². The van der Waals surface area contributed by atoms with E-state index in [0.717, 1.165) is 12.3 Å². The van der Waals surface area contributed by atoms with Crippen LogP contribution in [0.25, 0.3) is 0 Å². The molecule has 0 amide bonds. The van der Waals surface area contributed by atoms with Crippen LogP contribution in [0.15, 0.2) is 24.3 Å². The van der Waals surface area contributed by atoms with Crippen LogP contribution in [0.5, 0.6) is 0 Å². The molecule has 12 heavy (non-hydrogen) atoms. The van der Waals surface area contributed by atoms with Crippen LogP contribution in [0.2, 0.25) is 0 Å². The van der Waals surface area contributed by atoms with Crippen molar-refractivity contribution in [3.05, 3.63) is 24.3 Å². The van der Waals surface area contributed by atoms with Gasteiger partial charge < -0.3 is 0 Å². The second kappa shape index (κ2) is 3.93. The van der Waals surface area contributed by atoms with Gasteiger partial charge in [0.05, 0.1) is 0 Å². The summed E-state index contributed by atoms with van der Waals surface area (Å²) < 4.78 is 0. The minimum absolute atomic E-state index is 0.432. The van der Waals surface area contributed by atoms with Crippen molar-refractivity contribution in [2.75, 3.05) is 0 Å². The highest BCUT2D eigenvalue weighted by Crippen LogP contribution is 2.31. The first-order valence-electron chi connectivity index (χ1n) is 4.92. The summed E-state index contributed by atoms with van der Waals surface area (Å²) in [4.78, 5) is 0. The van der Waals surface area contributed by atoms with Gasteiger partial charge in [0.2, 0.25) is 0 Å². The molecule has 0 radical (unpaired) electrons. The molecule has 1 unspecified atom stereocenters. The third-order valence-electron chi connectivity index (χ3n) is 2.56. The maximum Gasteiger partial charge on any atom is -0.0169 e. The maximum absolute atomic E-state index is 2.39. The van der Waals surface area contributed by atoms with Crippen molar-refractivity contribution in [3.63, 3.8) is 0 Å². The minimum atomic E-state index is 0.432. The molecule has 0 bridgehead atoms. The van der Waals surface area contributed by atoms with Gasteiger partial charge in [-0.3, -0.25) is 0 Å². The molecule has 0 fully saturated rings. The number of hydrogen-bond acceptors (Lipinski definition) is 0. The Hall–Kier alpha value is -0.520. The van der Waals surface area contributed by atoms with Crippen LogP contribution >= 0.6 is 0 Å². The fraction of sp³-hybridized carbons (Fsp3) is 0.667. The summed E-state index contributed by atoms with van der Waals surface area (Å²) in [7, 11) is 0. The topological polar surface area (TPSA) is 0 Å². The number of allylic oxidation sites excluding steroid dienone is 4. The molecular weight excluding hydrogens is 144 g/mol. The second-order valence-electron chi connectivity index (χ2n) is 4.69. The van der Waals surface area contributed by atoms with Gasteiger partial charge in [0, 0.05) is 0 Å². The Balaban J connectivity index is 2.60. The quantitative estimate of drug-likeness (QED) is 0.476. The van der Waals surface area contributed by atoms with Crippen molar-refractivity contribution in [2.24, 2.45) is 11.3 Å². The highest BCUT2D eigenvalue weighted by molar-refractivity contribution is 5.01. The van der Waals surface area contributed by atoms with Crippen molar-refractivity contribution < 1.29 is 0 Å². The highest BCUT2D eigenvalue weighted by atomic mass is 14.3. The van der Waals surface area contributed by atoms with Crippen molar-refractivity contribution in [3.8, 4) is 0 Å². The van der Waals surface area contributed by atoms with E-state index in [1.54, 1.807) is 0 Å². The average molecular weight is 164 g/mol. The standard InChI is InChI=1S/C12H20/c1-12(2,3)11-9-7-5-4-6-8-10-11/h4-5,8,10-11H,6-7,9H2,1-3H3. The van der Waals surface area contributed by atoms with Crippen LogP contribution in [0, 0.1) is 11.3 Å². The van der Waals surface area contributed by atoms with Gasteiger partial charge in [-0.15, -0.1) is 0 Å². The van der Waals surface area contributed by atoms with E-state index in [9.17, 15) is 0 Å². The van der Waals surface area contributed by atoms with Crippen molar-refractivity contribution in [2.45, 2.75) is 40.0 Å². The molecule has 0 spiro atoms. The van der Waals surface area contributed by atoms with E-state index in [1.165, 1.54) is 12.8 Å². The fourth-order valence-corrected chi connectivity index (χ4v) is 1.63. The van der Waals surface area contributed by atoms with Crippen LogP contribution in [-0.4, -0.2) is 0 Å². The van der Waals surface area contributed by atoms with Crippen LogP contribution in [0.3, 0.4) is 0 Å². The van der Waals surface area contributed by atoms with Gasteiger partial charge in [0.1, 0.15) is 0 Å². The van der Waals surface area contributed by atoms with E-state index in [1.807, 2.05) is 0 Å². The molecule has 0 aromatic rings. The number of rotatable bonds is 0. The molecule has 1 aliphatic rings. The lowest BCUT2D eigenvalue weighted by molar-refractivity contribution is 0.279. The Morgan fingerprint density at radius 1 is 1.08 bits per heavy atom. The van der Waals surface area contributed by atoms with Gasteiger partial charge in [-0.05, 0) is 30.6 Å². The first kappa shape index (κ1) is 9.57. The summed E-state index contributed by atoms with van der Waals surface area (Å²) in [5, 5.41) is 0. The van der Waals surface area contributed by atoms with Crippen LogP contribution in [-0.2, 0) is 0 Å². The lowest BCUT2D eigenvalue weighted by Gasteiger charge is -2.28. The Bertz CT molecular complexity index is 179. The van der Waals surface area contributed by atoms with E-state index in [-0.39, 0.29) is 0 Å². The molecule has 0 heterocycles. The Labute approximate surface area is 76.4 Å². The molecule has 0 N–H and O–H groups in total. The summed E-state index contributed by atoms with van der Waals surface area (Å²) in [5.41, 5.74) is 0.432. The fourth-order valence-electron chi connectivity index (χ4n) is 1.63. The van der Waals surface area contributed by atoms with Crippen LogP contribution < -0.4 is 0 Å². The van der Waals surface area contributed by atoms with E-state index in [4.69, 9.17) is 0 Å². The first-order valence-corrected chi connectivity index (χ1v) is 4.92. The van der Waals surface area contributed by atoms with Gasteiger partial charge in [-0.2, -0.15) is 0 Å². The van der Waals surface area contributed by atoms with Crippen LogP contribution in [0.1, 0.15) is 40.0 Å². The zero-order chi connectivity index (χ0) is 9.03. The van der Waals surface area contributed by atoms with Crippen molar-refractivity contribution >= 4 is 0 Å². The normalized spacial score (nSPS) is 25.1. The molecule has 0 aromatic carbocycles. The molecule has 0 aliphatic heterocycles. The average Bonchev–Trinajstić information content (AvgIpc) is 1.81. The van der Waals surface area contributed by atoms with Gasteiger partial charge >= 0.3 is 0 Å². The predicted molar refractivity (Wildman–Crippen MR) is 55.1 cm³/mol. The first-order chi connectivity index (χ1) is 5.61. The molecule has 0 saturated carbocycles. The molecule has 68 valence electrons. The summed E-state index contributed by atoms with van der Waals surface area (Å²) >= 11 is 0. The van der Waals surface area contributed by atoms with Gasteiger partial charge in [-0.25, -0.2) is 0 Å². The zero-order valence-corrected chi connectivity index (χ0v) is 8.51. The third kappa shape index (κ3) is 2.84. The Morgan fingerprint density at radius 3 is 2.50 bits per heavy atom. The van der Waals surface area contributed by atoms with Gasteiger partial charge in [0.25, 0.3) is 0 Å². The van der Waals surface area contributed by atoms with E-state index in [0.29, 0.717) is 5.41 Å². The molecular formula is C12H20. The summed E-state index contributed by atoms with van der Waals surface area (Å²) in [6, 6.07) is 0. The number of hydrogen-bond donors (Lipinski definition) is 0. The van der Waals surface area contributed by atoms with Crippen LogP contribution in [0.4, 0.5) is 0 Å². The van der Waals surface area contributed by atoms with E-state index >= 15 is 0 Å². The molecule has 0 aromatic heterocycles. The van der Waals surface area contributed by atoms with E-state index in [2.05, 4.69) is 45.1 Å². The van der Waals surface area contributed by atoms with Gasteiger partial charge in [-0.1, -0.05) is 45.1 Å². The molecule has 1 rings (SSSR count). The van der Waals surface area contributed by atoms with Gasteiger partial charge in [0.15, 0.2) is 0 Å². The molecule has 1 atom stereocenters. The maximum atomic E-state index is 2.39.